The fourth-order valence-corrected chi connectivity index (χ4v) is 5.91. The normalized spacial score (nSPS) is 17.0. The number of nitrogens with zero attached hydrogens (tertiary/aromatic N) is 3. The van der Waals surface area contributed by atoms with E-state index in [1.165, 1.54) is 25.3 Å². The third-order valence-corrected chi connectivity index (χ3v) is 8.42. The van der Waals surface area contributed by atoms with Gasteiger partial charge in [0, 0.05) is 24.7 Å². The number of methoxy groups -OCH3 is 1. The zero-order valence-electron chi connectivity index (χ0n) is 26.5. The van der Waals surface area contributed by atoms with Crippen molar-refractivity contribution in [3.8, 4) is 40.8 Å². The summed E-state index contributed by atoms with van der Waals surface area (Å²) < 4.78 is 61.7. The Balaban J connectivity index is 1.43. The second-order valence-corrected chi connectivity index (χ2v) is 11.6. The Labute approximate surface area is 276 Å². The number of para-hydroxylation sites is 1. The smallest absolute Gasteiger partial charge is 0.350 e. The van der Waals surface area contributed by atoms with Crippen molar-refractivity contribution in [1.29, 1.82) is 5.26 Å². The Morgan fingerprint density at radius 1 is 0.979 bits per heavy atom. The fraction of sp³-hybridized carbons (Fsp3) is 0.306. The number of likely N-dealkylation sites (N-methyl/N-ethyl adjacent to an activating group) is 1. The molecule has 3 aromatic carbocycles. The van der Waals surface area contributed by atoms with Crippen LogP contribution in [-0.4, -0.2) is 48.7 Å². The molecule has 1 unspecified atom stereocenters. The van der Waals surface area contributed by atoms with Gasteiger partial charge in [-0.2, -0.15) is 19.0 Å². The predicted molar refractivity (Wildman–Crippen MR) is 170 cm³/mol. The van der Waals surface area contributed by atoms with E-state index in [9.17, 15) is 10.1 Å². The number of ether oxygens (including phenoxy) is 5. The maximum absolute atomic E-state index is 16.4. The monoisotopic (exact) mass is 656 g/mol. The van der Waals surface area contributed by atoms with E-state index in [0.717, 1.165) is 18.7 Å². The summed E-state index contributed by atoms with van der Waals surface area (Å²) in [5, 5.41) is 13.0. The molecule has 1 aromatic heterocycles. The Bertz CT molecular complexity index is 1830. The largest absolute Gasteiger partial charge is 0.485 e. The van der Waals surface area contributed by atoms with E-state index in [0.29, 0.717) is 18.4 Å². The Kier molecular flexibility index (Phi) is 9.70. The molecule has 0 amide bonds. The summed E-state index contributed by atoms with van der Waals surface area (Å²) in [6.07, 6.45) is 1.34. The van der Waals surface area contributed by atoms with Gasteiger partial charge in [-0.15, -0.1) is 0 Å². The number of carbonyl (C=O) groups is 1. The third kappa shape index (κ3) is 6.74. The minimum Gasteiger partial charge on any atom is -0.485 e. The van der Waals surface area contributed by atoms with Crippen LogP contribution < -0.4 is 24.3 Å². The zero-order valence-corrected chi connectivity index (χ0v) is 26.5. The molecule has 1 aliphatic carbocycles. The number of hydrogen-bond acceptors (Lipinski definition) is 10. The number of halogens is 2. The van der Waals surface area contributed by atoms with Crippen LogP contribution in [0.1, 0.15) is 48.5 Å². The first-order chi connectivity index (χ1) is 23.3. The summed E-state index contributed by atoms with van der Waals surface area (Å²) in [7, 11) is 3.13. The molecule has 48 heavy (non-hydrogen) atoms. The molecule has 2 fully saturated rings. The molecule has 1 atom stereocenters. The molecule has 2 aliphatic rings. The Morgan fingerprint density at radius 2 is 1.67 bits per heavy atom. The number of benzene rings is 3. The van der Waals surface area contributed by atoms with Crippen LogP contribution in [0.15, 0.2) is 72.8 Å². The van der Waals surface area contributed by atoms with Crippen molar-refractivity contribution in [2.24, 2.45) is 0 Å². The lowest BCUT2D eigenvalue weighted by Crippen LogP contribution is -2.43. The van der Waals surface area contributed by atoms with Crippen LogP contribution in [0.3, 0.4) is 0 Å². The molecular formula is C36H34F2N4O6. The maximum atomic E-state index is 16.4. The number of esters is 1. The summed E-state index contributed by atoms with van der Waals surface area (Å²) in [5.74, 6) is -5.19. The van der Waals surface area contributed by atoms with Crippen molar-refractivity contribution in [2.45, 2.75) is 44.1 Å². The standard InChI is InChI=1S/C36H34F2N4O6/c1-42-19-18-40-32(42)25-12-6-7-13-26(25)46-33-29(37)31(48-36(35(43)44-2)16-8-9-17-36)30(38)34(41-33)47-28-20-24(21-39)14-15-27(28)45-22-23-10-4-3-5-11-23/h3-7,10-15,20,32,40H,8-9,16-19,22H2,1-2H3. The van der Waals surface area contributed by atoms with Crippen LogP contribution in [0.4, 0.5) is 8.78 Å². The SMILES string of the molecule is COC(=O)C1(Oc2c(F)c(Oc3cc(C#N)ccc3OCc3ccccc3)nc(Oc3ccccc3C3NCCN3C)c2F)CCCC1. The van der Waals surface area contributed by atoms with Crippen LogP contribution in [0, 0.1) is 23.0 Å². The first-order valence-corrected chi connectivity index (χ1v) is 15.6. The van der Waals surface area contributed by atoms with E-state index in [2.05, 4.69) is 15.2 Å². The molecule has 248 valence electrons. The molecule has 0 spiro atoms. The molecule has 1 saturated carbocycles. The van der Waals surface area contributed by atoms with Crippen LogP contribution >= 0.6 is 0 Å². The van der Waals surface area contributed by atoms with Crippen LogP contribution in [0.5, 0.6) is 34.8 Å². The van der Waals surface area contributed by atoms with Crippen molar-refractivity contribution in [3.63, 3.8) is 0 Å². The van der Waals surface area contributed by atoms with E-state index in [-0.39, 0.29) is 48.4 Å². The third-order valence-electron chi connectivity index (χ3n) is 8.42. The minimum absolute atomic E-state index is 0.0550. The number of carbonyl (C=O) groups excluding carboxylic acids is 1. The van der Waals surface area contributed by atoms with E-state index < -0.39 is 40.7 Å². The lowest BCUT2D eigenvalue weighted by molar-refractivity contribution is -0.159. The van der Waals surface area contributed by atoms with Crippen molar-refractivity contribution in [2.75, 3.05) is 27.2 Å². The second-order valence-electron chi connectivity index (χ2n) is 11.6. The van der Waals surface area contributed by atoms with E-state index >= 15 is 8.78 Å². The van der Waals surface area contributed by atoms with Crippen molar-refractivity contribution >= 4 is 5.97 Å². The van der Waals surface area contributed by atoms with E-state index in [1.54, 1.807) is 12.1 Å². The first kappa shape index (κ1) is 32.7. The lowest BCUT2D eigenvalue weighted by Gasteiger charge is -2.28. The Morgan fingerprint density at radius 3 is 2.33 bits per heavy atom. The minimum atomic E-state index is -1.62. The average Bonchev–Trinajstić information content (AvgIpc) is 3.78. The Hall–Kier alpha value is -5.25. The van der Waals surface area contributed by atoms with Gasteiger partial charge in [0.25, 0.3) is 11.8 Å². The summed E-state index contributed by atoms with van der Waals surface area (Å²) in [4.78, 5) is 19.1. The topological polar surface area (TPSA) is 115 Å². The highest BCUT2D eigenvalue weighted by Gasteiger charge is 2.47. The van der Waals surface area contributed by atoms with Crippen molar-refractivity contribution in [1.82, 2.24) is 15.2 Å². The number of rotatable bonds is 11. The molecule has 2 heterocycles. The molecule has 0 radical (unpaired) electrons. The van der Waals surface area contributed by atoms with Gasteiger partial charge in [-0.05, 0) is 56.5 Å². The van der Waals surface area contributed by atoms with Gasteiger partial charge in [0.1, 0.15) is 12.4 Å². The zero-order chi connectivity index (χ0) is 33.7. The van der Waals surface area contributed by atoms with E-state index in [1.807, 2.05) is 55.6 Å². The van der Waals surface area contributed by atoms with Crippen molar-refractivity contribution in [3.05, 3.63) is 101 Å². The van der Waals surface area contributed by atoms with Gasteiger partial charge in [-0.1, -0.05) is 48.5 Å². The van der Waals surface area contributed by atoms with Gasteiger partial charge < -0.3 is 23.7 Å². The molecule has 4 aromatic rings. The summed E-state index contributed by atoms with van der Waals surface area (Å²) >= 11 is 0. The molecule has 1 saturated heterocycles. The molecule has 0 bridgehead atoms. The van der Waals surface area contributed by atoms with Crippen LogP contribution in [-0.2, 0) is 16.1 Å². The summed E-state index contributed by atoms with van der Waals surface area (Å²) in [5.41, 5.74) is 0.139. The van der Waals surface area contributed by atoms with Crippen molar-refractivity contribution < 1.29 is 37.3 Å². The predicted octanol–water partition coefficient (Wildman–Crippen LogP) is 6.79. The first-order valence-electron chi connectivity index (χ1n) is 15.6. The van der Waals surface area contributed by atoms with Gasteiger partial charge in [0.15, 0.2) is 11.5 Å². The van der Waals surface area contributed by atoms with E-state index in [4.69, 9.17) is 23.7 Å². The highest BCUT2D eigenvalue weighted by Crippen LogP contribution is 2.44. The lowest BCUT2D eigenvalue weighted by atomic mass is 10.0. The number of pyridine rings is 1. The molecule has 12 heteroatoms. The molecule has 10 nitrogen and oxygen atoms in total. The van der Waals surface area contributed by atoms with Gasteiger partial charge in [0.05, 0.1) is 24.9 Å². The molecule has 1 N–H and O–H groups in total. The highest BCUT2D eigenvalue weighted by atomic mass is 19.1. The van der Waals surface area contributed by atoms with Gasteiger partial charge in [-0.25, -0.2) is 4.79 Å². The molecule has 1 aliphatic heterocycles. The summed E-state index contributed by atoms with van der Waals surface area (Å²) in [6.45, 7) is 1.66. The van der Waals surface area contributed by atoms with Crippen LogP contribution in [0.2, 0.25) is 0 Å². The second kappa shape index (κ2) is 14.3. The number of nitrogens with one attached hydrogen (secondary N) is 1. The maximum Gasteiger partial charge on any atom is 0.350 e. The van der Waals surface area contributed by atoms with Gasteiger partial charge in [-0.3, -0.25) is 10.2 Å². The molecule has 6 rings (SSSR count). The van der Waals surface area contributed by atoms with Gasteiger partial charge >= 0.3 is 5.97 Å². The number of aromatic nitrogens is 1. The number of hydrogen-bond donors (Lipinski definition) is 1. The average molecular weight is 657 g/mol. The molecular weight excluding hydrogens is 622 g/mol. The quantitative estimate of drug-likeness (QED) is 0.173. The van der Waals surface area contributed by atoms with Crippen LogP contribution in [0.25, 0.3) is 0 Å². The highest BCUT2D eigenvalue weighted by molar-refractivity contribution is 5.80. The fourth-order valence-electron chi connectivity index (χ4n) is 5.91. The summed E-state index contributed by atoms with van der Waals surface area (Å²) in [6, 6.07) is 22.8. The number of nitriles is 1. The van der Waals surface area contributed by atoms with Gasteiger partial charge in [0.2, 0.25) is 23.0 Å².